The van der Waals surface area contributed by atoms with Crippen LogP contribution in [-0.2, 0) is 11.0 Å². The Balaban J connectivity index is 1.02. The molecule has 1 aliphatic heterocycles. The lowest BCUT2D eigenvalue weighted by molar-refractivity contribution is 0.285. The summed E-state index contributed by atoms with van der Waals surface area (Å²) in [6.07, 6.45) is 12.1. The van der Waals surface area contributed by atoms with E-state index in [1.54, 1.807) is 0 Å². The van der Waals surface area contributed by atoms with Crippen molar-refractivity contribution in [2.24, 2.45) is 5.92 Å². The Morgan fingerprint density at radius 1 is 0.840 bits per heavy atom. The standard InChI is InChI=1S/C45H52ClNO2Si/c1-33(14-13-29-48-50(45(2,3)4,38-15-7-5-8-16-38)39-17-9-6-10-18-39)35-23-26-43(46)36(30-35)31-47-28-27-40(42(32-47)34-21-22-34)41-19-11-12-20-44(41)49-37-24-25-37/h5-12,15-20,23,26-27,30,32-34,37H,13-14,21-22,24-25,28-29,31H2,1-4H3. The lowest BCUT2D eigenvalue weighted by Crippen LogP contribution is -2.66. The summed E-state index contributed by atoms with van der Waals surface area (Å²) in [7, 11) is -2.53. The predicted octanol–water partition coefficient (Wildman–Crippen LogP) is 10.5. The second kappa shape index (κ2) is 15.0. The molecule has 2 saturated carbocycles. The summed E-state index contributed by atoms with van der Waals surface area (Å²) in [6, 6.07) is 37.2. The smallest absolute Gasteiger partial charge is 0.261 e. The maximum atomic E-state index is 7.19. The van der Waals surface area contributed by atoms with Crippen LogP contribution in [0.2, 0.25) is 10.1 Å². The molecule has 50 heavy (non-hydrogen) atoms. The van der Waals surface area contributed by atoms with Gasteiger partial charge in [-0.15, -0.1) is 0 Å². The minimum Gasteiger partial charge on any atom is -0.490 e. The van der Waals surface area contributed by atoms with E-state index in [-0.39, 0.29) is 5.04 Å². The highest BCUT2D eigenvalue weighted by molar-refractivity contribution is 6.99. The van der Waals surface area contributed by atoms with E-state index in [0.717, 1.165) is 43.3 Å². The highest BCUT2D eigenvalue weighted by Gasteiger charge is 2.50. The predicted molar refractivity (Wildman–Crippen MR) is 212 cm³/mol. The van der Waals surface area contributed by atoms with Crippen LogP contribution < -0.4 is 15.1 Å². The SMILES string of the molecule is CC(CCCO[Si](c1ccccc1)(c1ccccc1)C(C)(C)C)c1ccc(Cl)c(CN2C=C(C3CC3)C(c3ccccc3OC3CC3)=CC2)c1. The van der Waals surface area contributed by atoms with E-state index < -0.39 is 8.32 Å². The number of halogens is 1. The number of hydrogen-bond acceptors (Lipinski definition) is 3. The summed E-state index contributed by atoms with van der Waals surface area (Å²) in [6.45, 7) is 11.8. The van der Waals surface area contributed by atoms with Crippen molar-refractivity contribution in [3.05, 3.63) is 143 Å². The summed E-state index contributed by atoms with van der Waals surface area (Å²) >= 11 is 6.87. The fourth-order valence-corrected chi connectivity index (χ4v) is 12.5. The normalized spacial score (nSPS) is 17.3. The first-order chi connectivity index (χ1) is 24.2. The number of para-hydroxylation sites is 1. The van der Waals surface area contributed by atoms with Crippen LogP contribution in [0.15, 0.2) is 121 Å². The number of ether oxygens (including phenoxy) is 1. The second-order valence-corrected chi connectivity index (χ2v) is 20.3. The van der Waals surface area contributed by atoms with Crippen LogP contribution in [0.4, 0.5) is 0 Å². The molecule has 0 aromatic heterocycles. The lowest BCUT2D eigenvalue weighted by atomic mass is 9.91. The van der Waals surface area contributed by atoms with Crippen LogP contribution in [0.1, 0.15) is 88.8 Å². The molecule has 3 aliphatic rings. The number of benzene rings is 4. The summed E-state index contributed by atoms with van der Waals surface area (Å²) in [5, 5.41) is 3.50. The molecule has 0 N–H and O–H groups in total. The van der Waals surface area contributed by atoms with E-state index >= 15 is 0 Å². The van der Waals surface area contributed by atoms with Gasteiger partial charge in [0, 0.05) is 36.5 Å². The van der Waals surface area contributed by atoms with Gasteiger partial charge in [-0.2, -0.15) is 0 Å². The van der Waals surface area contributed by atoms with Gasteiger partial charge >= 0.3 is 0 Å². The van der Waals surface area contributed by atoms with Gasteiger partial charge in [-0.05, 0) is 100 Å². The zero-order chi connectivity index (χ0) is 34.7. The fourth-order valence-electron chi connectivity index (χ4n) is 7.68. The summed E-state index contributed by atoms with van der Waals surface area (Å²) in [5.41, 5.74) is 6.59. The summed E-state index contributed by atoms with van der Waals surface area (Å²) < 4.78 is 13.5. The van der Waals surface area contributed by atoms with Crippen LogP contribution in [0.5, 0.6) is 5.75 Å². The van der Waals surface area contributed by atoms with E-state index in [0.29, 0.717) is 17.9 Å². The lowest BCUT2D eigenvalue weighted by Gasteiger charge is -2.43. The molecule has 0 saturated heterocycles. The number of nitrogens with zero attached hydrogens (tertiary/aromatic N) is 1. The molecule has 5 heteroatoms. The molecule has 0 amide bonds. The molecule has 2 fully saturated rings. The van der Waals surface area contributed by atoms with Crippen molar-refractivity contribution in [2.75, 3.05) is 13.2 Å². The first-order valence-electron chi connectivity index (χ1n) is 18.7. The minimum atomic E-state index is -2.53. The largest absolute Gasteiger partial charge is 0.490 e. The third kappa shape index (κ3) is 7.68. The van der Waals surface area contributed by atoms with Crippen molar-refractivity contribution in [1.29, 1.82) is 0 Å². The maximum absolute atomic E-state index is 7.19. The van der Waals surface area contributed by atoms with Gasteiger partial charge in [0.2, 0.25) is 0 Å². The van der Waals surface area contributed by atoms with Gasteiger partial charge in [0.1, 0.15) is 5.75 Å². The average Bonchev–Trinajstić information content (AvgIpc) is 4.06. The Kier molecular flexibility index (Phi) is 10.4. The van der Waals surface area contributed by atoms with Crippen molar-refractivity contribution in [2.45, 2.75) is 89.8 Å². The van der Waals surface area contributed by atoms with Crippen molar-refractivity contribution in [3.8, 4) is 5.75 Å². The molecule has 260 valence electrons. The van der Waals surface area contributed by atoms with E-state index in [4.69, 9.17) is 20.8 Å². The average molecular weight is 702 g/mol. The summed E-state index contributed by atoms with van der Waals surface area (Å²) in [5.74, 6) is 2.07. The molecule has 0 spiro atoms. The Morgan fingerprint density at radius 3 is 2.14 bits per heavy atom. The number of rotatable bonds is 14. The highest BCUT2D eigenvalue weighted by Crippen LogP contribution is 2.47. The Hall–Kier alpha value is -3.57. The Labute approximate surface area is 306 Å². The molecule has 4 aromatic rings. The third-order valence-corrected chi connectivity index (χ3v) is 16.1. The molecule has 4 aromatic carbocycles. The van der Waals surface area contributed by atoms with Crippen LogP contribution >= 0.6 is 11.6 Å². The molecule has 0 bridgehead atoms. The van der Waals surface area contributed by atoms with E-state index in [9.17, 15) is 0 Å². The minimum absolute atomic E-state index is 0.0155. The molecule has 1 heterocycles. The molecule has 0 radical (unpaired) electrons. The molecule has 7 rings (SSSR count). The molecule has 2 aliphatic carbocycles. The monoisotopic (exact) mass is 701 g/mol. The Bertz CT molecular complexity index is 1780. The van der Waals surface area contributed by atoms with Crippen LogP contribution in [0.3, 0.4) is 0 Å². The summed E-state index contributed by atoms with van der Waals surface area (Å²) in [4.78, 5) is 2.44. The maximum Gasteiger partial charge on any atom is 0.261 e. The zero-order valence-corrected chi connectivity index (χ0v) is 32.0. The molecule has 3 nitrogen and oxygen atoms in total. The third-order valence-electron chi connectivity index (χ3n) is 10.7. The molecule has 1 unspecified atom stereocenters. The van der Waals surface area contributed by atoms with E-state index in [1.165, 1.54) is 63.9 Å². The molecule has 1 atom stereocenters. The molecular weight excluding hydrogens is 650 g/mol. The van der Waals surface area contributed by atoms with Gasteiger partial charge < -0.3 is 14.1 Å². The van der Waals surface area contributed by atoms with Gasteiger partial charge in [-0.25, -0.2) is 0 Å². The van der Waals surface area contributed by atoms with Gasteiger partial charge in [0.25, 0.3) is 8.32 Å². The van der Waals surface area contributed by atoms with Crippen LogP contribution in [-0.4, -0.2) is 32.5 Å². The van der Waals surface area contributed by atoms with Gasteiger partial charge in [0.15, 0.2) is 0 Å². The Morgan fingerprint density at radius 2 is 1.50 bits per heavy atom. The van der Waals surface area contributed by atoms with Crippen molar-refractivity contribution < 1.29 is 9.16 Å². The van der Waals surface area contributed by atoms with Crippen LogP contribution in [0, 0.1) is 5.92 Å². The quantitative estimate of drug-likeness (QED) is 0.0965. The number of hydrogen-bond donors (Lipinski definition) is 0. The highest BCUT2D eigenvalue weighted by atomic mass is 35.5. The van der Waals surface area contributed by atoms with Crippen molar-refractivity contribution in [1.82, 2.24) is 4.90 Å². The van der Waals surface area contributed by atoms with Gasteiger partial charge in [0.05, 0.1) is 6.10 Å². The number of allylic oxidation sites excluding steroid dienone is 2. The first kappa shape index (κ1) is 34.9. The first-order valence-corrected chi connectivity index (χ1v) is 21.0. The van der Waals surface area contributed by atoms with Gasteiger partial charge in [-0.3, -0.25) is 0 Å². The van der Waals surface area contributed by atoms with Crippen molar-refractivity contribution >= 4 is 35.9 Å². The molecular formula is C45H52ClNO2Si. The van der Waals surface area contributed by atoms with E-state index in [2.05, 4.69) is 148 Å². The zero-order valence-electron chi connectivity index (χ0n) is 30.2. The van der Waals surface area contributed by atoms with Gasteiger partial charge in [-0.1, -0.05) is 136 Å². The van der Waals surface area contributed by atoms with Crippen molar-refractivity contribution in [3.63, 3.8) is 0 Å². The fraction of sp³-hybridized carbons (Fsp3) is 0.378. The second-order valence-electron chi connectivity index (χ2n) is 15.6. The van der Waals surface area contributed by atoms with Crippen LogP contribution in [0.25, 0.3) is 5.57 Å². The van der Waals surface area contributed by atoms with E-state index in [1.807, 2.05) is 0 Å². The topological polar surface area (TPSA) is 21.7 Å².